The maximum absolute atomic E-state index is 14.0. The molecule has 0 saturated carbocycles. The van der Waals surface area contributed by atoms with Gasteiger partial charge in [-0.2, -0.15) is 0 Å². The summed E-state index contributed by atoms with van der Waals surface area (Å²) in [6, 6.07) is 19.8. The largest absolute Gasteiger partial charge is 0.326 e. The van der Waals surface area contributed by atoms with Crippen LogP contribution in [0.1, 0.15) is 23.1 Å². The van der Waals surface area contributed by atoms with Crippen molar-refractivity contribution in [3.8, 4) is 10.6 Å². The number of aromatic nitrogens is 1. The fraction of sp³-hybridized carbons (Fsp3) is 0.185. The van der Waals surface area contributed by atoms with Crippen LogP contribution in [0.15, 0.2) is 82.6 Å². The number of hydrogen-bond acceptors (Lipinski definition) is 6. The van der Waals surface area contributed by atoms with Crippen LogP contribution in [0, 0.1) is 5.82 Å². The van der Waals surface area contributed by atoms with Gasteiger partial charge in [0, 0.05) is 37.0 Å². The number of fused-ring (bicyclic) bond motifs is 1. The molecule has 0 aliphatic carbocycles. The minimum absolute atomic E-state index is 0.237. The number of hydrogen-bond donors (Lipinski definition) is 1. The van der Waals surface area contributed by atoms with Crippen molar-refractivity contribution >= 4 is 32.8 Å². The van der Waals surface area contributed by atoms with Crippen LogP contribution in [0.3, 0.4) is 0 Å². The lowest BCUT2D eigenvalue weighted by Crippen LogP contribution is -2.30. The highest BCUT2D eigenvalue weighted by Crippen LogP contribution is 2.36. The van der Waals surface area contributed by atoms with Gasteiger partial charge in [-0.3, -0.25) is 9.69 Å². The summed E-state index contributed by atoms with van der Waals surface area (Å²) in [4.78, 5) is 20.3. The lowest BCUT2D eigenvalue weighted by atomic mass is 10.1. The molecule has 2 heterocycles. The van der Waals surface area contributed by atoms with Gasteiger partial charge in [-0.1, -0.05) is 36.4 Å². The Morgan fingerprint density at radius 3 is 2.61 bits per heavy atom. The highest BCUT2D eigenvalue weighted by molar-refractivity contribution is 7.91. The maximum Gasteiger partial charge on any atom is 0.221 e. The predicted octanol–water partition coefficient (Wildman–Crippen LogP) is 5.30. The quantitative estimate of drug-likeness (QED) is 0.373. The summed E-state index contributed by atoms with van der Waals surface area (Å²) in [5, 5.41) is 3.40. The van der Waals surface area contributed by atoms with Crippen molar-refractivity contribution in [3.05, 3.63) is 94.7 Å². The number of thiazole rings is 1. The van der Waals surface area contributed by atoms with Gasteiger partial charge in [0.15, 0.2) is 0 Å². The summed E-state index contributed by atoms with van der Waals surface area (Å²) in [5.74, 6) is -0.635. The number of amides is 1. The molecule has 0 unspecified atom stereocenters. The first kappa shape index (κ1) is 24.3. The normalized spacial score (nSPS) is 13.8. The molecule has 3 aromatic carbocycles. The molecule has 1 aliphatic rings. The number of nitrogens with one attached hydrogen (secondary N) is 1. The zero-order valence-electron chi connectivity index (χ0n) is 19.6. The van der Waals surface area contributed by atoms with Crippen molar-refractivity contribution in [3.63, 3.8) is 0 Å². The Morgan fingerprint density at radius 1 is 1.08 bits per heavy atom. The average molecular weight is 522 g/mol. The summed E-state index contributed by atoms with van der Waals surface area (Å²) >= 11 is 1.50. The van der Waals surface area contributed by atoms with Gasteiger partial charge in [0.05, 0.1) is 21.2 Å². The second kappa shape index (κ2) is 9.93. The molecule has 1 amide bonds. The summed E-state index contributed by atoms with van der Waals surface area (Å²) in [6.45, 7) is 3.17. The average Bonchev–Trinajstić information content (AvgIpc) is 3.29. The molecule has 0 fully saturated rings. The number of carbonyl (C=O) groups is 1. The van der Waals surface area contributed by atoms with Gasteiger partial charge in [-0.25, -0.2) is 17.8 Å². The van der Waals surface area contributed by atoms with Crippen LogP contribution in [0.5, 0.6) is 0 Å². The number of benzene rings is 3. The van der Waals surface area contributed by atoms with Crippen LogP contribution in [-0.4, -0.2) is 30.8 Å². The molecule has 9 heteroatoms. The Balaban J connectivity index is 1.40. The molecular formula is C27H24FN3O3S2. The van der Waals surface area contributed by atoms with E-state index in [2.05, 4.69) is 10.2 Å². The Bertz CT molecular complexity index is 1540. The van der Waals surface area contributed by atoms with Crippen LogP contribution in [0.4, 0.5) is 10.1 Å². The molecule has 184 valence electrons. The van der Waals surface area contributed by atoms with E-state index in [0.717, 1.165) is 29.1 Å². The van der Waals surface area contributed by atoms with E-state index < -0.39 is 15.7 Å². The second-order valence-corrected chi connectivity index (χ2v) is 11.6. The SMILES string of the molecule is CC(=O)Nc1ccc(F)cc1-c1nc2c(s1)CCN(Cc1ccccc1S(=O)(=O)c1ccccc1)C2. The molecule has 0 bridgehead atoms. The molecule has 5 rings (SSSR count). The van der Waals surface area contributed by atoms with Gasteiger partial charge in [-0.15, -0.1) is 11.3 Å². The van der Waals surface area contributed by atoms with E-state index in [0.29, 0.717) is 34.2 Å². The van der Waals surface area contributed by atoms with Gasteiger partial charge >= 0.3 is 0 Å². The third-order valence-electron chi connectivity index (χ3n) is 6.04. The Morgan fingerprint density at radius 2 is 1.83 bits per heavy atom. The summed E-state index contributed by atoms with van der Waals surface area (Å²) in [6.07, 6.45) is 0.755. The molecule has 1 aromatic heterocycles. The first-order valence-electron chi connectivity index (χ1n) is 11.5. The summed E-state index contributed by atoms with van der Waals surface area (Å²) in [5.41, 5.74) is 2.70. The van der Waals surface area contributed by atoms with Crippen LogP contribution < -0.4 is 5.32 Å². The van der Waals surface area contributed by atoms with Crippen molar-refractivity contribution in [2.24, 2.45) is 0 Å². The number of anilines is 1. The van der Waals surface area contributed by atoms with E-state index in [9.17, 15) is 17.6 Å². The standard InChI is InChI=1S/C27H24FN3O3S2/c1-18(32)29-23-12-11-20(28)15-22(23)27-30-24-17-31(14-13-25(24)35-27)16-19-7-5-6-10-26(19)36(33,34)21-8-3-2-4-9-21/h2-12,15H,13-14,16-17H2,1H3,(H,29,32). The van der Waals surface area contributed by atoms with Crippen molar-refractivity contribution < 1.29 is 17.6 Å². The van der Waals surface area contributed by atoms with Gasteiger partial charge < -0.3 is 5.32 Å². The molecule has 6 nitrogen and oxygen atoms in total. The van der Waals surface area contributed by atoms with E-state index in [1.165, 1.54) is 30.4 Å². The summed E-state index contributed by atoms with van der Waals surface area (Å²) in [7, 11) is -3.64. The maximum atomic E-state index is 14.0. The third kappa shape index (κ3) is 4.95. The number of halogens is 1. The van der Waals surface area contributed by atoms with Crippen molar-refractivity contribution in [1.82, 2.24) is 9.88 Å². The monoisotopic (exact) mass is 521 g/mol. The highest BCUT2D eigenvalue weighted by Gasteiger charge is 2.26. The molecule has 1 N–H and O–H groups in total. The van der Waals surface area contributed by atoms with E-state index in [-0.39, 0.29) is 10.8 Å². The first-order chi connectivity index (χ1) is 17.3. The van der Waals surface area contributed by atoms with Gasteiger partial charge in [0.25, 0.3) is 0 Å². The van der Waals surface area contributed by atoms with E-state index in [1.54, 1.807) is 48.5 Å². The highest BCUT2D eigenvalue weighted by atomic mass is 32.2. The lowest BCUT2D eigenvalue weighted by molar-refractivity contribution is -0.114. The fourth-order valence-electron chi connectivity index (χ4n) is 4.36. The number of nitrogens with zero attached hydrogens (tertiary/aromatic N) is 2. The molecule has 0 radical (unpaired) electrons. The van der Waals surface area contributed by atoms with Crippen molar-refractivity contribution in [1.29, 1.82) is 0 Å². The first-order valence-corrected chi connectivity index (χ1v) is 13.8. The molecule has 36 heavy (non-hydrogen) atoms. The molecule has 0 saturated heterocycles. The van der Waals surface area contributed by atoms with Crippen LogP contribution in [0.2, 0.25) is 0 Å². The number of sulfone groups is 1. The van der Waals surface area contributed by atoms with Gasteiger partial charge in [-0.05, 0) is 48.4 Å². The molecular weight excluding hydrogens is 497 g/mol. The summed E-state index contributed by atoms with van der Waals surface area (Å²) < 4.78 is 40.6. The number of carbonyl (C=O) groups excluding carboxylic acids is 1. The Kier molecular flexibility index (Phi) is 6.70. The molecule has 4 aromatic rings. The van der Waals surface area contributed by atoms with Gasteiger partial charge in [0.1, 0.15) is 10.8 Å². The van der Waals surface area contributed by atoms with Crippen LogP contribution >= 0.6 is 11.3 Å². The smallest absolute Gasteiger partial charge is 0.221 e. The van der Waals surface area contributed by atoms with Crippen LogP contribution in [0.25, 0.3) is 10.6 Å². The number of rotatable bonds is 6. The zero-order chi connectivity index (χ0) is 25.3. The topological polar surface area (TPSA) is 79.4 Å². The lowest BCUT2D eigenvalue weighted by Gasteiger charge is -2.26. The van der Waals surface area contributed by atoms with Crippen molar-refractivity contribution in [2.75, 3.05) is 11.9 Å². The predicted molar refractivity (Wildman–Crippen MR) is 138 cm³/mol. The van der Waals surface area contributed by atoms with Crippen LogP contribution in [-0.2, 0) is 34.1 Å². The Hall–Kier alpha value is -3.40. The zero-order valence-corrected chi connectivity index (χ0v) is 21.2. The molecule has 0 spiro atoms. The Labute approximate surface area is 213 Å². The second-order valence-electron chi connectivity index (χ2n) is 8.64. The van der Waals surface area contributed by atoms with E-state index in [1.807, 2.05) is 12.1 Å². The minimum Gasteiger partial charge on any atom is -0.326 e. The van der Waals surface area contributed by atoms with Crippen molar-refractivity contribution in [2.45, 2.75) is 36.2 Å². The third-order valence-corrected chi connectivity index (χ3v) is 9.10. The molecule has 0 atom stereocenters. The van der Waals surface area contributed by atoms with E-state index in [4.69, 9.17) is 4.98 Å². The fourth-order valence-corrected chi connectivity index (χ4v) is 6.95. The van der Waals surface area contributed by atoms with E-state index >= 15 is 0 Å². The van der Waals surface area contributed by atoms with Gasteiger partial charge in [0.2, 0.25) is 15.7 Å². The minimum atomic E-state index is -3.64. The molecule has 1 aliphatic heterocycles.